The molecular weight excluding hydrogens is 312 g/mol. The highest BCUT2D eigenvalue weighted by atomic mass is 32.2. The molecule has 7 heteroatoms. The van der Waals surface area contributed by atoms with Gasteiger partial charge in [0.2, 0.25) is 5.91 Å². The number of carbonyl (C=O) groups excluding carboxylic acids is 1. The van der Waals surface area contributed by atoms with Gasteiger partial charge in [-0.1, -0.05) is 25.6 Å². The standard InChI is InChI=1S/C16H24N4O2S/c1-5-7-17-13(21)9-23-16-19-12-8-10(3)18-14(12)15(22)20(16)11(4)6-2/h8,11,18H,5-7,9H2,1-4H3,(H,17,21)/t11-/m1/s1. The van der Waals surface area contributed by atoms with E-state index in [1.165, 1.54) is 11.8 Å². The van der Waals surface area contributed by atoms with E-state index in [-0.39, 0.29) is 23.3 Å². The third-order valence-corrected chi connectivity index (χ3v) is 4.68. The van der Waals surface area contributed by atoms with Crippen molar-refractivity contribution in [3.63, 3.8) is 0 Å². The highest BCUT2D eigenvalue weighted by Crippen LogP contribution is 2.22. The molecule has 0 bridgehead atoms. The zero-order chi connectivity index (χ0) is 17.0. The lowest BCUT2D eigenvalue weighted by molar-refractivity contribution is -0.118. The monoisotopic (exact) mass is 336 g/mol. The average Bonchev–Trinajstić information content (AvgIpc) is 2.91. The number of amides is 1. The van der Waals surface area contributed by atoms with Crippen LogP contribution < -0.4 is 10.9 Å². The van der Waals surface area contributed by atoms with Crippen LogP contribution in [0.4, 0.5) is 0 Å². The topological polar surface area (TPSA) is 79.8 Å². The van der Waals surface area contributed by atoms with Gasteiger partial charge in [-0.05, 0) is 32.8 Å². The predicted octanol–water partition coefficient (Wildman–Crippen LogP) is 2.62. The Bertz CT molecular complexity index is 750. The number of rotatable bonds is 7. The number of fused-ring (bicyclic) bond motifs is 1. The zero-order valence-corrected chi connectivity index (χ0v) is 14.9. The molecule has 2 rings (SSSR count). The summed E-state index contributed by atoms with van der Waals surface area (Å²) in [5, 5.41) is 3.44. The highest BCUT2D eigenvalue weighted by molar-refractivity contribution is 7.99. The van der Waals surface area contributed by atoms with Crippen molar-refractivity contribution in [2.75, 3.05) is 12.3 Å². The Balaban J connectivity index is 2.36. The minimum Gasteiger partial charge on any atom is -0.355 e. The van der Waals surface area contributed by atoms with Crippen molar-refractivity contribution < 1.29 is 4.79 Å². The van der Waals surface area contributed by atoms with Crippen LogP contribution in [0.25, 0.3) is 11.0 Å². The summed E-state index contributed by atoms with van der Waals surface area (Å²) in [6, 6.07) is 1.89. The van der Waals surface area contributed by atoms with E-state index in [4.69, 9.17) is 0 Å². The van der Waals surface area contributed by atoms with Crippen molar-refractivity contribution in [2.24, 2.45) is 0 Å². The smallest absolute Gasteiger partial charge is 0.278 e. The average molecular weight is 336 g/mol. The number of hydrogen-bond acceptors (Lipinski definition) is 4. The third kappa shape index (κ3) is 3.96. The number of carbonyl (C=O) groups is 1. The van der Waals surface area contributed by atoms with Crippen LogP contribution >= 0.6 is 11.8 Å². The quantitative estimate of drug-likeness (QED) is 0.602. The number of H-pyrrole nitrogens is 1. The van der Waals surface area contributed by atoms with Gasteiger partial charge in [-0.3, -0.25) is 14.2 Å². The molecule has 0 unspecified atom stereocenters. The lowest BCUT2D eigenvalue weighted by Crippen LogP contribution is -2.28. The van der Waals surface area contributed by atoms with E-state index < -0.39 is 0 Å². The van der Waals surface area contributed by atoms with Crippen molar-refractivity contribution in [1.29, 1.82) is 0 Å². The Labute approximate surface area is 140 Å². The van der Waals surface area contributed by atoms with Gasteiger partial charge in [-0.15, -0.1) is 0 Å². The lowest BCUT2D eigenvalue weighted by Gasteiger charge is -2.17. The minimum absolute atomic E-state index is 0.0317. The van der Waals surface area contributed by atoms with E-state index in [1.54, 1.807) is 4.57 Å². The van der Waals surface area contributed by atoms with Crippen LogP contribution in [0.15, 0.2) is 16.0 Å². The molecule has 0 aromatic carbocycles. The minimum atomic E-state index is -0.0751. The van der Waals surface area contributed by atoms with Crippen LogP contribution in [0, 0.1) is 6.92 Å². The summed E-state index contributed by atoms with van der Waals surface area (Å²) in [6.07, 6.45) is 1.73. The Morgan fingerprint density at radius 3 is 2.87 bits per heavy atom. The number of aromatic nitrogens is 3. The summed E-state index contributed by atoms with van der Waals surface area (Å²) in [4.78, 5) is 32.3. The van der Waals surface area contributed by atoms with Crippen LogP contribution in [0.1, 0.15) is 45.3 Å². The molecule has 0 aliphatic rings. The van der Waals surface area contributed by atoms with Gasteiger partial charge in [-0.2, -0.15) is 0 Å². The first-order valence-electron chi connectivity index (χ1n) is 7.99. The molecule has 6 nitrogen and oxygen atoms in total. The number of aromatic amines is 1. The summed E-state index contributed by atoms with van der Waals surface area (Å²) >= 11 is 1.31. The molecule has 126 valence electrons. The molecule has 1 amide bonds. The van der Waals surface area contributed by atoms with Gasteiger partial charge in [0.05, 0.1) is 11.3 Å². The van der Waals surface area contributed by atoms with Gasteiger partial charge >= 0.3 is 0 Å². The fourth-order valence-electron chi connectivity index (χ4n) is 2.31. The van der Waals surface area contributed by atoms with E-state index in [0.717, 1.165) is 18.5 Å². The second-order valence-corrected chi connectivity index (χ2v) is 6.62. The first-order chi connectivity index (χ1) is 11.0. The second-order valence-electron chi connectivity index (χ2n) is 5.68. The first-order valence-corrected chi connectivity index (χ1v) is 8.97. The van der Waals surface area contributed by atoms with Crippen molar-refractivity contribution in [3.8, 4) is 0 Å². The molecule has 2 N–H and O–H groups in total. The summed E-state index contributed by atoms with van der Waals surface area (Å²) < 4.78 is 1.69. The summed E-state index contributed by atoms with van der Waals surface area (Å²) in [7, 11) is 0. The van der Waals surface area contributed by atoms with Crippen molar-refractivity contribution in [3.05, 3.63) is 22.1 Å². The van der Waals surface area contributed by atoms with Gasteiger partial charge in [0, 0.05) is 18.3 Å². The molecular formula is C16H24N4O2S. The normalized spacial score (nSPS) is 12.5. The van der Waals surface area contributed by atoms with Crippen LogP contribution in [0.2, 0.25) is 0 Å². The Hall–Kier alpha value is -1.76. The highest BCUT2D eigenvalue weighted by Gasteiger charge is 2.17. The van der Waals surface area contributed by atoms with E-state index in [2.05, 4.69) is 15.3 Å². The molecule has 2 heterocycles. The number of hydrogen-bond donors (Lipinski definition) is 2. The molecule has 0 aliphatic carbocycles. The van der Waals surface area contributed by atoms with Crippen LogP contribution in [0.5, 0.6) is 0 Å². The zero-order valence-electron chi connectivity index (χ0n) is 14.1. The van der Waals surface area contributed by atoms with Gasteiger partial charge in [0.25, 0.3) is 5.56 Å². The summed E-state index contributed by atoms with van der Waals surface area (Å²) in [5.74, 6) is 0.227. The lowest BCUT2D eigenvalue weighted by atomic mass is 10.2. The number of nitrogens with zero attached hydrogens (tertiary/aromatic N) is 2. The fraction of sp³-hybridized carbons (Fsp3) is 0.562. The van der Waals surface area contributed by atoms with Crippen LogP contribution in [-0.4, -0.2) is 32.7 Å². The van der Waals surface area contributed by atoms with Gasteiger partial charge in [0.1, 0.15) is 5.52 Å². The van der Waals surface area contributed by atoms with Crippen LogP contribution in [0.3, 0.4) is 0 Å². The Kier molecular flexibility index (Phi) is 5.87. The van der Waals surface area contributed by atoms with Crippen molar-refractivity contribution >= 4 is 28.7 Å². The van der Waals surface area contributed by atoms with Gasteiger partial charge in [0.15, 0.2) is 5.16 Å². The number of nitrogens with one attached hydrogen (secondary N) is 2. The number of aryl methyl sites for hydroxylation is 1. The van der Waals surface area contributed by atoms with Crippen molar-refractivity contribution in [1.82, 2.24) is 19.9 Å². The molecule has 0 radical (unpaired) electrons. The molecule has 0 aliphatic heterocycles. The molecule has 0 saturated carbocycles. The van der Waals surface area contributed by atoms with E-state index in [1.807, 2.05) is 33.8 Å². The molecule has 0 fully saturated rings. The molecule has 1 atom stereocenters. The largest absolute Gasteiger partial charge is 0.355 e. The van der Waals surface area contributed by atoms with Crippen molar-refractivity contribution in [2.45, 2.75) is 51.7 Å². The van der Waals surface area contributed by atoms with E-state index >= 15 is 0 Å². The first kappa shape index (κ1) is 17.6. The summed E-state index contributed by atoms with van der Waals surface area (Å²) in [6.45, 7) is 8.61. The van der Waals surface area contributed by atoms with Crippen LogP contribution in [-0.2, 0) is 4.79 Å². The maximum absolute atomic E-state index is 12.8. The maximum atomic E-state index is 12.8. The maximum Gasteiger partial charge on any atom is 0.278 e. The fourth-order valence-corrected chi connectivity index (χ4v) is 3.24. The number of thioether (sulfide) groups is 1. The Morgan fingerprint density at radius 1 is 1.48 bits per heavy atom. The summed E-state index contributed by atoms with van der Waals surface area (Å²) in [5.41, 5.74) is 2.02. The molecule has 2 aromatic heterocycles. The van der Waals surface area contributed by atoms with Gasteiger partial charge in [-0.25, -0.2) is 4.98 Å². The molecule has 2 aromatic rings. The molecule has 0 spiro atoms. The predicted molar refractivity (Wildman–Crippen MR) is 94.1 cm³/mol. The van der Waals surface area contributed by atoms with E-state index in [0.29, 0.717) is 22.7 Å². The second kappa shape index (κ2) is 7.68. The third-order valence-electron chi connectivity index (χ3n) is 3.72. The van der Waals surface area contributed by atoms with Gasteiger partial charge < -0.3 is 10.3 Å². The molecule has 23 heavy (non-hydrogen) atoms. The SMILES string of the molecule is CCCNC(=O)CSc1nc2cc(C)[nH]c2c(=O)n1[C@H](C)CC. The Morgan fingerprint density at radius 2 is 2.22 bits per heavy atom. The van der Waals surface area contributed by atoms with E-state index in [9.17, 15) is 9.59 Å². The molecule has 0 saturated heterocycles.